The predicted octanol–water partition coefficient (Wildman–Crippen LogP) is 4.56. The van der Waals surface area contributed by atoms with Crippen LogP contribution in [0.1, 0.15) is 25.5 Å². The first-order chi connectivity index (χ1) is 14.4. The standard InChI is InChI=1S/C22H23N5O2S/c1-3-30(28,29)27-18-11-7-10-17(12-18)20-13-19-21(23-14-24-22(19)26-20)25-15(2)16-8-5-4-6-9-16/h4-15,27H,3H2,1-2H3,(H2,23,24,25,26)/t15-/m1/s1. The second-order valence-corrected chi connectivity index (χ2v) is 9.04. The van der Waals surface area contributed by atoms with Crippen molar-refractivity contribution in [3.63, 3.8) is 0 Å². The van der Waals surface area contributed by atoms with Crippen LogP contribution in [0.2, 0.25) is 0 Å². The first-order valence-corrected chi connectivity index (χ1v) is 11.4. The number of hydrogen-bond acceptors (Lipinski definition) is 5. The van der Waals surface area contributed by atoms with Crippen LogP contribution in [0.25, 0.3) is 22.3 Å². The molecule has 154 valence electrons. The Morgan fingerprint density at radius 1 is 1.03 bits per heavy atom. The lowest BCUT2D eigenvalue weighted by Crippen LogP contribution is -2.14. The summed E-state index contributed by atoms with van der Waals surface area (Å²) in [5, 5.41) is 4.32. The van der Waals surface area contributed by atoms with Gasteiger partial charge in [0.15, 0.2) is 0 Å². The molecule has 0 unspecified atom stereocenters. The molecule has 4 rings (SSSR count). The molecule has 0 spiro atoms. The van der Waals surface area contributed by atoms with Crippen LogP contribution in [0.5, 0.6) is 0 Å². The Bertz CT molecular complexity index is 1270. The topological polar surface area (TPSA) is 99.8 Å². The third-order valence-corrected chi connectivity index (χ3v) is 6.21. The van der Waals surface area contributed by atoms with E-state index in [-0.39, 0.29) is 11.8 Å². The molecule has 4 aromatic rings. The molecular formula is C22H23N5O2S. The van der Waals surface area contributed by atoms with Crippen LogP contribution < -0.4 is 10.0 Å². The minimum Gasteiger partial charge on any atom is -0.363 e. The van der Waals surface area contributed by atoms with E-state index >= 15 is 0 Å². The minimum absolute atomic E-state index is 0.0217. The van der Waals surface area contributed by atoms with E-state index in [4.69, 9.17) is 0 Å². The summed E-state index contributed by atoms with van der Waals surface area (Å²) in [6, 6.07) is 19.5. The first-order valence-electron chi connectivity index (χ1n) is 9.71. The Morgan fingerprint density at radius 2 is 1.83 bits per heavy atom. The number of nitrogens with one attached hydrogen (secondary N) is 3. The summed E-state index contributed by atoms with van der Waals surface area (Å²) in [4.78, 5) is 12.1. The summed E-state index contributed by atoms with van der Waals surface area (Å²) in [6.07, 6.45) is 1.52. The maximum atomic E-state index is 11.9. The maximum Gasteiger partial charge on any atom is 0.232 e. The van der Waals surface area contributed by atoms with Crippen LogP contribution >= 0.6 is 0 Å². The van der Waals surface area contributed by atoms with E-state index in [2.05, 4.69) is 44.0 Å². The van der Waals surface area contributed by atoms with E-state index in [1.165, 1.54) is 6.33 Å². The lowest BCUT2D eigenvalue weighted by molar-refractivity contribution is 0.602. The number of anilines is 2. The van der Waals surface area contributed by atoms with Gasteiger partial charge < -0.3 is 10.3 Å². The van der Waals surface area contributed by atoms with Crippen molar-refractivity contribution >= 4 is 32.6 Å². The van der Waals surface area contributed by atoms with E-state index in [0.29, 0.717) is 11.3 Å². The van der Waals surface area contributed by atoms with Crippen molar-refractivity contribution in [2.24, 2.45) is 0 Å². The Hall–Kier alpha value is -3.39. The number of H-pyrrole nitrogens is 1. The fraction of sp³-hybridized carbons (Fsp3) is 0.182. The highest BCUT2D eigenvalue weighted by Crippen LogP contribution is 2.30. The third kappa shape index (κ3) is 4.28. The number of aromatic amines is 1. The number of aromatic nitrogens is 3. The third-order valence-electron chi connectivity index (χ3n) is 4.91. The van der Waals surface area contributed by atoms with Gasteiger partial charge in [0.1, 0.15) is 17.8 Å². The average Bonchev–Trinajstić information content (AvgIpc) is 3.20. The summed E-state index contributed by atoms with van der Waals surface area (Å²) >= 11 is 0. The van der Waals surface area contributed by atoms with Crippen LogP contribution in [0, 0.1) is 0 Å². The lowest BCUT2D eigenvalue weighted by atomic mass is 10.1. The molecular weight excluding hydrogens is 398 g/mol. The SMILES string of the molecule is CCS(=O)(=O)Nc1cccc(-c2cc3c(N[C@H](C)c4ccccc4)ncnc3[nH]2)c1. The monoisotopic (exact) mass is 421 g/mol. The van der Waals surface area contributed by atoms with Crippen molar-refractivity contribution in [2.75, 3.05) is 15.8 Å². The van der Waals surface area contributed by atoms with Gasteiger partial charge in [0.25, 0.3) is 0 Å². The molecule has 0 aliphatic rings. The van der Waals surface area contributed by atoms with Gasteiger partial charge in [-0.3, -0.25) is 4.72 Å². The fourth-order valence-electron chi connectivity index (χ4n) is 3.24. The second kappa shape index (κ2) is 8.16. The van der Waals surface area contributed by atoms with Crippen LogP contribution in [0.4, 0.5) is 11.5 Å². The van der Waals surface area contributed by atoms with Crippen LogP contribution in [-0.4, -0.2) is 29.1 Å². The molecule has 2 aromatic heterocycles. The summed E-state index contributed by atoms with van der Waals surface area (Å²) < 4.78 is 26.3. The molecule has 0 saturated carbocycles. The second-order valence-electron chi connectivity index (χ2n) is 7.03. The first kappa shape index (κ1) is 19.9. The number of nitrogens with zero attached hydrogens (tertiary/aromatic N) is 2. The van der Waals surface area contributed by atoms with E-state index < -0.39 is 10.0 Å². The van der Waals surface area contributed by atoms with Gasteiger partial charge in [0, 0.05) is 23.0 Å². The Morgan fingerprint density at radius 3 is 2.60 bits per heavy atom. The van der Waals surface area contributed by atoms with Crippen molar-refractivity contribution in [3.8, 4) is 11.3 Å². The van der Waals surface area contributed by atoms with E-state index in [1.54, 1.807) is 19.1 Å². The molecule has 1 atom stereocenters. The molecule has 2 heterocycles. The largest absolute Gasteiger partial charge is 0.363 e. The minimum atomic E-state index is -3.34. The molecule has 3 N–H and O–H groups in total. The summed E-state index contributed by atoms with van der Waals surface area (Å²) in [6.45, 7) is 3.69. The maximum absolute atomic E-state index is 11.9. The number of fused-ring (bicyclic) bond motifs is 1. The Balaban J connectivity index is 1.65. The molecule has 7 nitrogen and oxygen atoms in total. The highest BCUT2D eigenvalue weighted by Gasteiger charge is 2.13. The number of rotatable bonds is 7. The van der Waals surface area contributed by atoms with Gasteiger partial charge in [-0.05, 0) is 37.6 Å². The molecule has 0 bridgehead atoms. The van der Waals surface area contributed by atoms with Gasteiger partial charge in [-0.1, -0.05) is 42.5 Å². The molecule has 2 aromatic carbocycles. The average molecular weight is 422 g/mol. The molecule has 8 heteroatoms. The van der Waals surface area contributed by atoms with Gasteiger partial charge in [-0.15, -0.1) is 0 Å². The van der Waals surface area contributed by atoms with Gasteiger partial charge in [0.2, 0.25) is 10.0 Å². The normalized spacial score (nSPS) is 12.6. The van der Waals surface area contributed by atoms with Crippen LogP contribution in [0.3, 0.4) is 0 Å². The fourth-order valence-corrected chi connectivity index (χ4v) is 3.87. The van der Waals surface area contributed by atoms with E-state index in [0.717, 1.165) is 28.0 Å². The van der Waals surface area contributed by atoms with Crippen LogP contribution in [0.15, 0.2) is 67.0 Å². The van der Waals surface area contributed by atoms with E-state index in [1.807, 2.05) is 36.4 Å². The van der Waals surface area contributed by atoms with Crippen molar-refractivity contribution in [1.29, 1.82) is 0 Å². The Kier molecular flexibility index (Phi) is 5.41. The summed E-state index contributed by atoms with van der Waals surface area (Å²) in [5.41, 5.74) is 4.08. The van der Waals surface area contributed by atoms with Crippen molar-refractivity contribution in [1.82, 2.24) is 15.0 Å². The van der Waals surface area contributed by atoms with Gasteiger partial charge in [-0.2, -0.15) is 0 Å². The van der Waals surface area contributed by atoms with Gasteiger partial charge in [0.05, 0.1) is 11.1 Å². The number of hydrogen-bond donors (Lipinski definition) is 3. The van der Waals surface area contributed by atoms with Crippen molar-refractivity contribution in [2.45, 2.75) is 19.9 Å². The van der Waals surface area contributed by atoms with Crippen LogP contribution in [-0.2, 0) is 10.0 Å². The molecule has 0 radical (unpaired) electrons. The number of sulfonamides is 1. The zero-order valence-electron chi connectivity index (χ0n) is 16.8. The predicted molar refractivity (Wildman–Crippen MR) is 121 cm³/mol. The summed E-state index contributed by atoms with van der Waals surface area (Å²) in [7, 11) is -3.34. The van der Waals surface area contributed by atoms with Crippen molar-refractivity contribution < 1.29 is 8.42 Å². The zero-order chi connectivity index (χ0) is 21.1. The molecule has 30 heavy (non-hydrogen) atoms. The Labute approximate surface area is 175 Å². The highest BCUT2D eigenvalue weighted by atomic mass is 32.2. The molecule has 0 saturated heterocycles. The summed E-state index contributed by atoms with van der Waals surface area (Å²) in [5.74, 6) is 0.759. The molecule has 0 fully saturated rings. The number of benzene rings is 2. The molecule has 0 aliphatic carbocycles. The quantitative estimate of drug-likeness (QED) is 0.406. The van der Waals surface area contributed by atoms with E-state index in [9.17, 15) is 8.42 Å². The van der Waals surface area contributed by atoms with Gasteiger partial charge >= 0.3 is 0 Å². The van der Waals surface area contributed by atoms with Gasteiger partial charge in [-0.25, -0.2) is 18.4 Å². The highest BCUT2D eigenvalue weighted by molar-refractivity contribution is 7.92. The molecule has 0 amide bonds. The smallest absolute Gasteiger partial charge is 0.232 e. The van der Waals surface area contributed by atoms with Crippen molar-refractivity contribution in [3.05, 3.63) is 72.6 Å². The zero-order valence-corrected chi connectivity index (χ0v) is 17.6. The molecule has 0 aliphatic heterocycles. The lowest BCUT2D eigenvalue weighted by Gasteiger charge is -2.15.